The molecule has 1 aliphatic rings. The second-order valence-electron chi connectivity index (χ2n) is 5.35. The summed E-state index contributed by atoms with van der Waals surface area (Å²) in [4.78, 5) is 2.21. The van der Waals surface area contributed by atoms with Crippen molar-refractivity contribution in [3.63, 3.8) is 0 Å². The van der Waals surface area contributed by atoms with Gasteiger partial charge >= 0.3 is 0 Å². The topological polar surface area (TPSA) is 64.7 Å². The summed E-state index contributed by atoms with van der Waals surface area (Å²) in [5, 5.41) is 3.13. The monoisotopic (exact) mass is 306 g/mol. The van der Waals surface area contributed by atoms with Gasteiger partial charge in [-0.05, 0) is 45.4 Å². The van der Waals surface area contributed by atoms with Crippen LogP contribution in [0.4, 0.5) is 0 Å². The fraction of sp³-hybridized carbons (Fsp3) is 1.00. The van der Waals surface area contributed by atoms with Gasteiger partial charge < -0.3 is 10.2 Å². The number of nitrogens with zero attached hydrogens (tertiary/aromatic N) is 2. The van der Waals surface area contributed by atoms with Crippen LogP contribution in [0.15, 0.2) is 0 Å². The van der Waals surface area contributed by atoms with E-state index in [0.29, 0.717) is 25.6 Å². The normalized spacial score (nSPS) is 21.5. The van der Waals surface area contributed by atoms with E-state index in [1.54, 1.807) is 4.31 Å². The molecule has 0 aromatic heterocycles. The Bertz CT molecular complexity index is 355. The summed E-state index contributed by atoms with van der Waals surface area (Å²) in [6.45, 7) is 9.47. The van der Waals surface area contributed by atoms with Gasteiger partial charge in [-0.1, -0.05) is 13.8 Å². The van der Waals surface area contributed by atoms with Gasteiger partial charge in [0.2, 0.25) is 0 Å². The molecule has 0 saturated carbocycles. The zero-order valence-electron chi connectivity index (χ0n) is 13.1. The van der Waals surface area contributed by atoms with Gasteiger partial charge in [0.1, 0.15) is 0 Å². The second kappa shape index (κ2) is 8.94. The Balaban J connectivity index is 2.43. The van der Waals surface area contributed by atoms with E-state index < -0.39 is 10.2 Å². The number of likely N-dealkylation sites (N-methyl/N-ethyl adjacent to an activating group) is 1. The number of rotatable bonds is 9. The van der Waals surface area contributed by atoms with E-state index in [4.69, 9.17) is 0 Å². The molecule has 120 valence electrons. The van der Waals surface area contributed by atoms with Crippen molar-refractivity contribution < 1.29 is 8.42 Å². The van der Waals surface area contributed by atoms with Crippen LogP contribution in [0.2, 0.25) is 0 Å². The second-order valence-corrected chi connectivity index (χ2v) is 7.11. The summed E-state index contributed by atoms with van der Waals surface area (Å²) >= 11 is 0. The lowest BCUT2D eigenvalue weighted by Crippen LogP contribution is -2.48. The van der Waals surface area contributed by atoms with Crippen LogP contribution in [-0.2, 0) is 10.2 Å². The highest BCUT2D eigenvalue weighted by molar-refractivity contribution is 7.87. The average molecular weight is 306 g/mol. The van der Waals surface area contributed by atoms with Crippen molar-refractivity contribution in [1.29, 1.82) is 0 Å². The van der Waals surface area contributed by atoms with E-state index in [1.807, 2.05) is 7.05 Å². The van der Waals surface area contributed by atoms with Gasteiger partial charge in [-0.25, -0.2) is 4.72 Å². The van der Waals surface area contributed by atoms with Crippen molar-refractivity contribution in [3.8, 4) is 0 Å². The van der Waals surface area contributed by atoms with E-state index in [1.165, 1.54) is 0 Å². The number of hydrogen-bond donors (Lipinski definition) is 2. The molecule has 1 rings (SSSR count). The van der Waals surface area contributed by atoms with Crippen molar-refractivity contribution >= 4 is 10.2 Å². The molecule has 0 aromatic rings. The van der Waals surface area contributed by atoms with Gasteiger partial charge in [0.25, 0.3) is 10.2 Å². The Labute approximate surface area is 124 Å². The Kier molecular flexibility index (Phi) is 7.98. The van der Waals surface area contributed by atoms with Crippen molar-refractivity contribution in [2.24, 2.45) is 5.92 Å². The molecular weight excluding hydrogens is 276 g/mol. The molecule has 1 aliphatic heterocycles. The largest absolute Gasteiger partial charge is 0.319 e. The van der Waals surface area contributed by atoms with E-state index in [0.717, 1.165) is 39.0 Å². The molecule has 0 radical (unpaired) electrons. The predicted octanol–water partition coefficient (Wildman–Crippen LogP) is 0.0940. The maximum atomic E-state index is 12.3. The minimum Gasteiger partial charge on any atom is -0.319 e. The minimum absolute atomic E-state index is 0.424. The molecule has 0 bridgehead atoms. The molecule has 6 nitrogen and oxygen atoms in total. The summed E-state index contributed by atoms with van der Waals surface area (Å²) in [6.07, 6.45) is 2.05. The zero-order valence-corrected chi connectivity index (χ0v) is 13.9. The molecular formula is C13H30N4O2S. The third kappa shape index (κ3) is 5.65. The molecule has 0 aromatic carbocycles. The lowest BCUT2D eigenvalue weighted by molar-refractivity contribution is 0.259. The van der Waals surface area contributed by atoms with E-state index in [2.05, 4.69) is 28.8 Å². The zero-order chi connectivity index (χ0) is 15.0. The first-order chi connectivity index (χ1) is 9.53. The Morgan fingerprint density at radius 3 is 2.60 bits per heavy atom. The van der Waals surface area contributed by atoms with E-state index >= 15 is 0 Å². The number of nitrogens with one attached hydrogen (secondary N) is 2. The van der Waals surface area contributed by atoms with Crippen molar-refractivity contribution in [2.75, 3.05) is 52.9 Å². The first-order valence-electron chi connectivity index (χ1n) is 7.65. The Morgan fingerprint density at radius 1 is 1.30 bits per heavy atom. The van der Waals surface area contributed by atoms with Crippen molar-refractivity contribution in [3.05, 3.63) is 0 Å². The third-order valence-corrected chi connectivity index (χ3v) is 5.50. The molecule has 0 aliphatic carbocycles. The minimum atomic E-state index is -3.32. The van der Waals surface area contributed by atoms with Crippen LogP contribution < -0.4 is 10.0 Å². The lowest BCUT2D eigenvalue weighted by atomic mass is 10.00. The van der Waals surface area contributed by atoms with Crippen LogP contribution in [0.25, 0.3) is 0 Å². The number of piperidine rings is 1. The van der Waals surface area contributed by atoms with Gasteiger partial charge in [-0.15, -0.1) is 0 Å². The highest BCUT2D eigenvalue weighted by Crippen LogP contribution is 2.17. The standard InChI is InChI=1S/C13H30N4O2S/c1-4-16(5-2)10-8-15-20(18,19)17-9-6-7-13(12-17)11-14-3/h13-15H,4-12H2,1-3H3. The maximum Gasteiger partial charge on any atom is 0.279 e. The van der Waals surface area contributed by atoms with Crippen molar-refractivity contribution in [1.82, 2.24) is 19.2 Å². The van der Waals surface area contributed by atoms with Gasteiger partial charge in [-0.2, -0.15) is 12.7 Å². The summed E-state index contributed by atoms with van der Waals surface area (Å²) in [7, 11) is -1.41. The van der Waals surface area contributed by atoms with Crippen LogP contribution in [-0.4, -0.2) is 70.5 Å². The van der Waals surface area contributed by atoms with Crippen LogP contribution in [0.5, 0.6) is 0 Å². The van der Waals surface area contributed by atoms with Crippen molar-refractivity contribution in [2.45, 2.75) is 26.7 Å². The molecule has 1 saturated heterocycles. The molecule has 1 unspecified atom stereocenters. The summed E-state index contributed by atoms with van der Waals surface area (Å²) in [5.74, 6) is 0.424. The molecule has 1 atom stereocenters. The quantitative estimate of drug-likeness (QED) is 0.634. The highest BCUT2D eigenvalue weighted by atomic mass is 32.2. The molecule has 0 spiro atoms. The van der Waals surface area contributed by atoms with E-state index in [9.17, 15) is 8.42 Å². The Hall–Kier alpha value is -0.210. The van der Waals surface area contributed by atoms with Crippen LogP contribution in [0, 0.1) is 5.92 Å². The SMILES string of the molecule is CCN(CC)CCNS(=O)(=O)N1CCCC(CNC)C1. The smallest absolute Gasteiger partial charge is 0.279 e. The fourth-order valence-electron chi connectivity index (χ4n) is 2.66. The van der Waals surface area contributed by atoms with Gasteiger partial charge in [0.15, 0.2) is 0 Å². The molecule has 0 amide bonds. The lowest BCUT2D eigenvalue weighted by Gasteiger charge is -2.32. The van der Waals surface area contributed by atoms with Crippen LogP contribution >= 0.6 is 0 Å². The first kappa shape index (κ1) is 17.8. The maximum absolute atomic E-state index is 12.3. The third-order valence-electron chi connectivity index (χ3n) is 3.92. The van der Waals surface area contributed by atoms with Crippen LogP contribution in [0.3, 0.4) is 0 Å². The number of hydrogen-bond acceptors (Lipinski definition) is 4. The molecule has 2 N–H and O–H groups in total. The summed E-state index contributed by atoms with van der Waals surface area (Å²) in [5.41, 5.74) is 0. The molecule has 1 fully saturated rings. The molecule has 1 heterocycles. The van der Waals surface area contributed by atoms with Gasteiger partial charge in [-0.3, -0.25) is 0 Å². The van der Waals surface area contributed by atoms with Crippen LogP contribution in [0.1, 0.15) is 26.7 Å². The highest BCUT2D eigenvalue weighted by Gasteiger charge is 2.28. The van der Waals surface area contributed by atoms with Gasteiger partial charge in [0.05, 0.1) is 0 Å². The summed E-state index contributed by atoms with van der Waals surface area (Å²) in [6, 6.07) is 0. The fourth-order valence-corrected chi connectivity index (χ4v) is 3.97. The van der Waals surface area contributed by atoms with Gasteiger partial charge in [0, 0.05) is 26.2 Å². The molecule has 20 heavy (non-hydrogen) atoms. The van der Waals surface area contributed by atoms with E-state index in [-0.39, 0.29) is 0 Å². The Morgan fingerprint density at radius 2 is 2.00 bits per heavy atom. The predicted molar refractivity (Wildman–Crippen MR) is 82.9 cm³/mol. The first-order valence-corrected chi connectivity index (χ1v) is 9.09. The average Bonchev–Trinajstić information content (AvgIpc) is 2.44. The summed E-state index contributed by atoms with van der Waals surface area (Å²) < 4.78 is 28.9. The molecule has 7 heteroatoms.